The van der Waals surface area contributed by atoms with Gasteiger partial charge in [0.15, 0.2) is 5.82 Å². The van der Waals surface area contributed by atoms with E-state index in [-0.39, 0.29) is 5.69 Å². The molecule has 0 spiro atoms. The quantitative estimate of drug-likeness (QED) is 0.348. The van der Waals surface area contributed by atoms with Crippen LogP contribution in [0.1, 0.15) is 16.9 Å². The Kier molecular flexibility index (Phi) is 6.32. The molecule has 0 aliphatic carbocycles. The first-order chi connectivity index (χ1) is 11.6. The maximum absolute atomic E-state index is 11.4. The van der Waals surface area contributed by atoms with Gasteiger partial charge in [-0.2, -0.15) is 0 Å². The first kappa shape index (κ1) is 17.5. The van der Waals surface area contributed by atoms with Crippen molar-refractivity contribution in [3.05, 3.63) is 42.4 Å². The molecule has 0 bridgehead atoms. The first-order valence-corrected chi connectivity index (χ1v) is 7.67. The zero-order chi connectivity index (χ0) is 17.4. The number of aromatic amines is 1. The highest BCUT2D eigenvalue weighted by atomic mass is 16.1. The van der Waals surface area contributed by atoms with Crippen LogP contribution in [0, 0.1) is 0 Å². The molecule has 5 N–H and O–H groups in total. The first-order valence-electron chi connectivity index (χ1n) is 7.67. The van der Waals surface area contributed by atoms with Crippen LogP contribution in [0.5, 0.6) is 0 Å². The maximum Gasteiger partial charge on any atom is 0.269 e. The van der Waals surface area contributed by atoms with E-state index in [2.05, 4.69) is 30.5 Å². The number of benzene rings is 1. The van der Waals surface area contributed by atoms with Crippen LogP contribution in [0.3, 0.4) is 0 Å². The summed E-state index contributed by atoms with van der Waals surface area (Å²) in [5.41, 5.74) is 6.42. The third-order valence-corrected chi connectivity index (χ3v) is 3.19. The van der Waals surface area contributed by atoms with Gasteiger partial charge in [-0.1, -0.05) is 18.2 Å². The van der Waals surface area contributed by atoms with Crippen LogP contribution in [0.15, 0.2) is 41.7 Å². The van der Waals surface area contributed by atoms with Gasteiger partial charge in [-0.05, 0) is 39.2 Å². The molecule has 0 unspecified atom stereocenters. The van der Waals surface area contributed by atoms with Gasteiger partial charge in [0.25, 0.3) is 5.91 Å². The topological polar surface area (TPSA) is 111 Å². The molecule has 2 rings (SSSR count). The molecule has 1 aromatic carbocycles. The van der Waals surface area contributed by atoms with E-state index in [1.165, 1.54) is 6.33 Å². The number of guanidine groups is 1. The third-order valence-electron chi connectivity index (χ3n) is 3.19. The summed E-state index contributed by atoms with van der Waals surface area (Å²) in [7, 11) is 4.04. The van der Waals surface area contributed by atoms with Crippen molar-refractivity contribution in [1.29, 1.82) is 0 Å². The molecule has 0 atom stereocenters. The molecule has 24 heavy (non-hydrogen) atoms. The summed E-state index contributed by atoms with van der Waals surface area (Å²) in [5.74, 6) is 0.272. The van der Waals surface area contributed by atoms with E-state index in [9.17, 15) is 4.79 Å². The van der Waals surface area contributed by atoms with Gasteiger partial charge in [-0.3, -0.25) is 9.79 Å². The molecule has 0 radical (unpaired) electrons. The number of carbonyl (C=O) groups is 1. The van der Waals surface area contributed by atoms with E-state index in [1.54, 1.807) is 0 Å². The average Bonchev–Trinajstić information content (AvgIpc) is 3.00. The monoisotopic (exact) mass is 329 g/mol. The zero-order valence-corrected chi connectivity index (χ0v) is 13.9. The number of nitrogens with one attached hydrogen (secondary N) is 3. The highest BCUT2D eigenvalue weighted by Crippen LogP contribution is 2.11. The lowest BCUT2D eigenvalue weighted by molar-refractivity contribution is 0.0997. The number of H-pyrrole nitrogens is 1. The Hall–Kier alpha value is -2.87. The van der Waals surface area contributed by atoms with Gasteiger partial charge in [0.2, 0.25) is 5.96 Å². The normalized spacial score (nSPS) is 11.5. The summed E-state index contributed by atoms with van der Waals surface area (Å²) < 4.78 is 0. The number of aliphatic imine (C=N–C) groups is 1. The van der Waals surface area contributed by atoms with Crippen LogP contribution in [0.4, 0.5) is 11.5 Å². The van der Waals surface area contributed by atoms with Crippen LogP contribution in [0.2, 0.25) is 0 Å². The summed E-state index contributed by atoms with van der Waals surface area (Å²) in [4.78, 5) is 24.8. The molecule has 1 heterocycles. The molecular formula is C16H23N7O. The smallest absolute Gasteiger partial charge is 0.269 e. The van der Waals surface area contributed by atoms with Crippen molar-refractivity contribution in [1.82, 2.24) is 14.9 Å². The van der Waals surface area contributed by atoms with E-state index in [0.717, 1.165) is 18.7 Å². The minimum Gasteiger partial charge on any atom is -0.364 e. The summed E-state index contributed by atoms with van der Waals surface area (Å²) in [6, 6.07) is 9.64. The van der Waals surface area contributed by atoms with Crippen LogP contribution in [0.25, 0.3) is 0 Å². The second-order valence-corrected chi connectivity index (χ2v) is 5.49. The van der Waals surface area contributed by atoms with E-state index < -0.39 is 5.91 Å². The predicted molar refractivity (Wildman–Crippen MR) is 96.3 cm³/mol. The average molecular weight is 329 g/mol. The highest BCUT2D eigenvalue weighted by Gasteiger charge is 2.12. The molecule has 2 aromatic rings. The predicted octanol–water partition coefficient (Wildman–Crippen LogP) is 1.34. The molecule has 1 aromatic heterocycles. The molecule has 0 aliphatic rings. The number of hydrogen-bond donors (Lipinski definition) is 4. The van der Waals surface area contributed by atoms with Gasteiger partial charge in [0.1, 0.15) is 5.69 Å². The summed E-state index contributed by atoms with van der Waals surface area (Å²) in [6.45, 7) is 1.58. The Bertz CT molecular complexity index is 679. The molecular weight excluding hydrogens is 306 g/mol. The summed E-state index contributed by atoms with van der Waals surface area (Å²) in [5, 5.41) is 6.22. The van der Waals surface area contributed by atoms with Crippen molar-refractivity contribution in [3.8, 4) is 0 Å². The Morgan fingerprint density at radius 2 is 2.04 bits per heavy atom. The highest BCUT2D eigenvalue weighted by molar-refractivity contribution is 6.06. The van der Waals surface area contributed by atoms with Crippen LogP contribution in [-0.4, -0.2) is 53.9 Å². The van der Waals surface area contributed by atoms with Gasteiger partial charge in [0.05, 0.1) is 6.33 Å². The number of anilines is 2. The van der Waals surface area contributed by atoms with Gasteiger partial charge in [-0.25, -0.2) is 4.98 Å². The van der Waals surface area contributed by atoms with Crippen LogP contribution < -0.4 is 16.4 Å². The number of amides is 1. The fourth-order valence-electron chi connectivity index (χ4n) is 2.04. The zero-order valence-electron chi connectivity index (χ0n) is 13.9. The van der Waals surface area contributed by atoms with Crippen molar-refractivity contribution < 1.29 is 4.79 Å². The maximum atomic E-state index is 11.4. The second-order valence-electron chi connectivity index (χ2n) is 5.49. The number of imidazole rings is 1. The van der Waals surface area contributed by atoms with Gasteiger partial charge < -0.3 is 26.3 Å². The van der Waals surface area contributed by atoms with E-state index in [4.69, 9.17) is 5.73 Å². The Balaban J connectivity index is 2.10. The Morgan fingerprint density at radius 1 is 1.29 bits per heavy atom. The minimum absolute atomic E-state index is 0.214. The number of hydrogen-bond acceptors (Lipinski definition) is 4. The molecule has 1 amide bonds. The lowest BCUT2D eigenvalue weighted by atomic mass is 10.3. The van der Waals surface area contributed by atoms with Crippen molar-refractivity contribution in [2.75, 3.05) is 37.8 Å². The van der Waals surface area contributed by atoms with Gasteiger partial charge in [-0.15, -0.1) is 0 Å². The largest absolute Gasteiger partial charge is 0.364 e. The fraction of sp³-hybridized carbons (Fsp3) is 0.312. The Labute approximate surface area is 141 Å². The SMILES string of the molecule is CN(C)CCCN=C(Nc1ccccc1)Nc1nc[nH]c1C(N)=O. The summed E-state index contributed by atoms with van der Waals surface area (Å²) >= 11 is 0. The molecule has 128 valence electrons. The number of aromatic nitrogens is 2. The van der Waals surface area contributed by atoms with Gasteiger partial charge >= 0.3 is 0 Å². The van der Waals surface area contributed by atoms with Crippen molar-refractivity contribution in [2.24, 2.45) is 10.7 Å². The fourth-order valence-corrected chi connectivity index (χ4v) is 2.04. The number of rotatable bonds is 7. The van der Waals surface area contributed by atoms with Crippen molar-refractivity contribution in [2.45, 2.75) is 6.42 Å². The van der Waals surface area contributed by atoms with E-state index in [1.807, 2.05) is 44.4 Å². The number of nitrogens with zero attached hydrogens (tertiary/aromatic N) is 3. The molecule has 8 nitrogen and oxygen atoms in total. The number of carbonyl (C=O) groups excluding carboxylic acids is 1. The minimum atomic E-state index is -0.582. The molecule has 0 saturated heterocycles. The standard InChI is InChI=1S/C16H23N7O/c1-23(2)10-6-9-18-16(21-12-7-4-3-5-8-12)22-15-13(14(17)24)19-11-20-15/h3-5,7-8,11H,6,9-10H2,1-2H3,(H2,17,24)(H,19,20)(H2,18,21,22). The molecule has 0 saturated carbocycles. The van der Waals surface area contributed by atoms with Crippen LogP contribution in [-0.2, 0) is 0 Å². The molecule has 0 fully saturated rings. The summed E-state index contributed by atoms with van der Waals surface area (Å²) in [6.07, 6.45) is 2.33. The lowest BCUT2D eigenvalue weighted by Crippen LogP contribution is -2.25. The second kappa shape index (κ2) is 8.68. The molecule has 8 heteroatoms. The van der Waals surface area contributed by atoms with Crippen molar-refractivity contribution >= 4 is 23.4 Å². The number of nitrogens with two attached hydrogens (primary N) is 1. The van der Waals surface area contributed by atoms with Gasteiger partial charge in [0, 0.05) is 12.2 Å². The number of para-hydroxylation sites is 1. The Morgan fingerprint density at radius 3 is 2.71 bits per heavy atom. The third kappa shape index (κ3) is 5.40. The van der Waals surface area contributed by atoms with E-state index >= 15 is 0 Å². The van der Waals surface area contributed by atoms with Crippen molar-refractivity contribution in [3.63, 3.8) is 0 Å². The van der Waals surface area contributed by atoms with Crippen LogP contribution >= 0.6 is 0 Å². The number of primary amides is 1. The van der Waals surface area contributed by atoms with E-state index in [0.29, 0.717) is 18.3 Å². The lowest BCUT2D eigenvalue weighted by Gasteiger charge is -2.12. The molecule has 0 aliphatic heterocycles.